The molecule has 10 heteroatoms. The summed E-state index contributed by atoms with van der Waals surface area (Å²) in [5.74, 6) is 0. The number of benzene rings is 2. The second-order valence-electron chi connectivity index (χ2n) is 6.44. The van der Waals surface area contributed by atoms with E-state index in [1.165, 1.54) is 0 Å². The van der Waals surface area contributed by atoms with Crippen molar-refractivity contribution in [2.75, 3.05) is 36.6 Å². The van der Waals surface area contributed by atoms with Crippen LogP contribution in [-0.4, -0.2) is 36.9 Å². The van der Waals surface area contributed by atoms with Gasteiger partial charge in [-0.05, 0) is 36.8 Å². The molecule has 0 atom stereocenters. The van der Waals surface area contributed by atoms with Crippen LogP contribution in [0, 0.1) is 10.1 Å². The van der Waals surface area contributed by atoms with E-state index in [9.17, 15) is 23.3 Å². The molecule has 0 spiro atoms. The molecule has 2 aromatic rings. The van der Waals surface area contributed by atoms with E-state index in [2.05, 4.69) is 15.4 Å². The van der Waals surface area contributed by atoms with Crippen molar-refractivity contribution >= 4 is 22.8 Å². The van der Waals surface area contributed by atoms with Gasteiger partial charge in [0.25, 0.3) is 5.69 Å². The van der Waals surface area contributed by atoms with Gasteiger partial charge in [0.1, 0.15) is 5.69 Å². The summed E-state index contributed by atoms with van der Waals surface area (Å²) in [5, 5.41) is 15.2. The Balaban J connectivity index is 1.76. The van der Waals surface area contributed by atoms with Crippen molar-refractivity contribution < 1.29 is 22.8 Å². The summed E-state index contributed by atoms with van der Waals surface area (Å²) in [4.78, 5) is 12.5. The Kier molecular flexibility index (Phi) is 6.02. The van der Waals surface area contributed by atoms with Gasteiger partial charge in [-0.25, -0.2) is 0 Å². The van der Waals surface area contributed by atoms with Gasteiger partial charge >= 0.3 is 6.18 Å². The summed E-state index contributed by atoms with van der Waals surface area (Å²) in [6, 6.07) is 9.89. The molecule has 1 fully saturated rings. The van der Waals surface area contributed by atoms with Crippen molar-refractivity contribution in [1.29, 1.82) is 0 Å². The summed E-state index contributed by atoms with van der Waals surface area (Å²) in [6.07, 6.45) is -4.66. The Morgan fingerprint density at radius 1 is 1.17 bits per heavy atom. The maximum atomic E-state index is 12.8. The minimum Gasteiger partial charge on any atom is -0.378 e. The number of nitro benzene ring substituents is 1. The zero-order valence-corrected chi connectivity index (χ0v) is 15.6. The van der Waals surface area contributed by atoms with Crippen LogP contribution in [0.4, 0.5) is 30.2 Å². The van der Waals surface area contributed by atoms with Crippen LogP contribution in [0.2, 0.25) is 0 Å². The lowest BCUT2D eigenvalue weighted by Crippen LogP contribution is -2.36. The van der Waals surface area contributed by atoms with E-state index in [-0.39, 0.29) is 5.69 Å². The number of hydrogen-bond donors (Lipinski definition) is 1. The Morgan fingerprint density at radius 3 is 2.41 bits per heavy atom. The molecular formula is C19H19F3N4O3. The van der Waals surface area contributed by atoms with Crippen molar-refractivity contribution in [2.24, 2.45) is 5.10 Å². The fourth-order valence-electron chi connectivity index (χ4n) is 2.90. The molecule has 2 aromatic carbocycles. The monoisotopic (exact) mass is 408 g/mol. The number of hydrazone groups is 1. The van der Waals surface area contributed by atoms with Crippen molar-refractivity contribution in [3.8, 4) is 0 Å². The zero-order chi connectivity index (χ0) is 21.0. The highest BCUT2D eigenvalue weighted by molar-refractivity contribution is 5.99. The van der Waals surface area contributed by atoms with Gasteiger partial charge in [0.2, 0.25) is 0 Å². The van der Waals surface area contributed by atoms with E-state index in [1.54, 1.807) is 6.92 Å². The van der Waals surface area contributed by atoms with Crippen LogP contribution >= 0.6 is 0 Å². The lowest BCUT2D eigenvalue weighted by atomic mass is 10.1. The molecule has 1 N–H and O–H groups in total. The Hall–Kier alpha value is -3.14. The minimum atomic E-state index is -4.66. The van der Waals surface area contributed by atoms with Gasteiger partial charge < -0.3 is 9.64 Å². The molecule has 3 rings (SSSR count). The highest BCUT2D eigenvalue weighted by atomic mass is 19.4. The van der Waals surface area contributed by atoms with Gasteiger partial charge in [-0.15, -0.1) is 0 Å². The fraction of sp³-hybridized carbons (Fsp3) is 0.316. The van der Waals surface area contributed by atoms with Crippen LogP contribution in [0.25, 0.3) is 0 Å². The molecule has 0 saturated carbocycles. The van der Waals surface area contributed by atoms with Crippen molar-refractivity contribution in [1.82, 2.24) is 0 Å². The highest BCUT2D eigenvalue weighted by Gasteiger charge is 2.33. The van der Waals surface area contributed by atoms with Gasteiger partial charge in [-0.3, -0.25) is 15.5 Å². The summed E-state index contributed by atoms with van der Waals surface area (Å²) in [6.45, 7) is 4.68. The summed E-state index contributed by atoms with van der Waals surface area (Å²) < 4.78 is 43.7. The minimum absolute atomic E-state index is 0.118. The molecule has 0 bridgehead atoms. The van der Waals surface area contributed by atoms with Crippen LogP contribution in [0.1, 0.15) is 18.1 Å². The quantitative estimate of drug-likeness (QED) is 0.454. The van der Waals surface area contributed by atoms with E-state index < -0.39 is 22.4 Å². The van der Waals surface area contributed by atoms with Crippen LogP contribution in [-0.2, 0) is 10.9 Å². The van der Waals surface area contributed by atoms with E-state index in [4.69, 9.17) is 4.74 Å². The third kappa shape index (κ3) is 5.02. The average Bonchev–Trinajstić information content (AvgIpc) is 2.72. The third-order valence-corrected chi connectivity index (χ3v) is 4.53. The topological polar surface area (TPSA) is 80.0 Å². The number of morpholine rings is 1. The zero-order valence-electron chi connectivity index (χ0n) is 15.6. The van der Waals surface area contributed by atoms with E-state index >= 15 is 0 Å². The predicted octanol–water partition coefficient (Wildman–Crippen LogP) is 4.29. The molecule has 154 valence electrons. The maximum absolute atomic E-state index is 12.8. The van der Waals surface area contributed by atoms with Gasteiger partial charge in [0.15, 0.2) is 0 Å². The normalized spacial score (nSPS) is 15.3. The number of hydrogen-bond acceptors (Lipinski definition) is 6. The number of halogens is 3. The largest absolute Gasteiger partial charge is 0.416 e. The lowest BCUT2D eigenvalue weighted by molar-refractivity contribution is -0.384. The number of nitrogens with zero attached hydrogens (tertiary/aromatic N) is 3. The predicted molar refractivity (Wildman–Crippen MR) is 103 cm³/mol. The molecule has 1 aliphatic heterocycles. The number of nitrogens with one attached hydrogen (secondary N) is 1. The first-order valence-corrected chi connectivity index (χ1v) is 8.85. The van der Waals surface area contributed by atoms with Crippen LogP contribution in [0.5, 0.6) is 0 Å². The third-order valence-electron chi connectivity index (χ3n) is 4.53. The van der Waals surface area contributed by atoms with Crippen LogP contribution < -0.4 is 10.3 Å². The first kappa shape index (κ1) is 20.6. The number of anilines is 2. The number of nitro groups is 1. The second kappa shape index (κ2) is 8.48. The number of rotatable bonds is 5. The average molecular weight is 408 g/mol. The van der Waals surface area contributed by atoms with Gasteiger partial charge in [-0.1, -0.05) is 12.1 Å². The molecule has 0 amide bonds. The fourth-order valence-corrected chi connectivity index (χ4v) is 2.90. The standard InChI is InChI=1S/C19H19F3N4O3/c1-13(14-2-5-16(6-3-14)25-8-10-29-11-9-25)23-24-17-7-4-15(19(20,21)22)12-18(17)26(27)28/h2-7,12,24H,8-11H2,1H3. The molecule has 7 nitrogen and oxygen atoms in total. The molecule has 1 heterocycles. The summed E-state index contributed by atoms with van der Waals surface area (Å²) in [7, 11) is 0. The van der Waals surface area contributed by atoms with Gasteiger partial charge in [0, 0.05) is 24.8 Å². The lowest BCUT2D eigenvalue weighted by Gasteiger charge is -2.28. The summed E-state index contributed by atoms with van der Waals surface area (Å²) >= 11 is 0. The first-order chi connectivity index (χ1) is 13.8. The highest BCUT2D eigenvalue weighted by Crippen LogP contribution is 2.35. The second-order valence-corrected chi connectivity index (χ2v) is 6.44. The van der Waals surface area contributed by atoms with E-state index in [0.717, 1.165) is 36.5 Å². The molecule has 29 heavy (non-hydrogen) atoms. The molecule has 0 aromatic heterocycles. The Bertz CT molecular complexity index is 908. The molecule has 0 radical (unpaired) electrons. The Labute approximate surface area is 164 Å². The van der Waals surface area contributed by atoms with Crippen molar-refractivity contribution in [3.05, 3.63) is 63.7 Å². The smallest absolute Gasteiger partial charge is 0.378 e. The summed E-state index contributed by atoms with van der Waals surface area (Å²) in [5.41, 5.74) is 2.97. The maximum Gasteiger partial charge on any atom is 0.416 e. The van der Waals surface area contributed by atoms with Gasteiger partial charge in [0.05, 0.1) is 29.4 Å². The van der Waals surface area contributed by atoms with Crippen LogP contribution in [0.3, 0.4) is 0 Å². The molecule has 0 aliphatic carbocycles. The SMILES string of the molecule is CC(=NNc1ccc(C(F)(F)F)cc1[N+](=O)[O-])c1ccc(N2CCOCC2)cc1. The number of alkyl halides is 3. The van der Waals surface area contributed by atoms with E-state index in [0.29, 0.717) is 25.0 Å². The van der Waals surface area contributed by atoms with Gasteiger partial charge in [-0.2, -0.15) is 18.3 Å². The van der Waals surface area contributed by atoms with Crippen molar-refractivity contribution in [3.63, 3.8) is 0 Å². The van der Waals surface area contributed by atoms with E-state index in [1.807, 2.05) is 24.3 Å². The molecular weight excluding hydrogens is 389 g/mol. The number of ether oxygens (including phenoxy) is 1. The van der Waals surface area contributed by atoms with Crippen molar-refractivity contribution in [2.45, 2.75) is 13.1 Å². The molecule has 1 aliphatic rings. The molecule has 0 unspecified atom stereocenters. The Morgan fingerprint density at radius 2 is 1.83 bits per heavy atom. The molecule has 1 saturated heterocycles. The first-order valence-electron chi connectivity index (χ1n) is 8.85. The van der Waals surface area contributed by atoms with Crippen LogP contribution in [0.15, 0.2) is 47.6 Å².